The molecular weight excluding hydrogens is 353 g/mol. The first-order valence-corrected chi connectivity index (χ1v) is 9.08. The van der Waals surface area contributed by atoms with Crippen LogP contribution >= 0.6 is 0 Å². The molecule has 0 aliphatic heterocycles. The highest BCUT2D eigenvalue weighted by atomic mass is 19.4. The molecule has 1 aliphatic carbocycles. The molecule has 1 amide bonds. The zero-order valence-electron chi connectivity index (χ0n) is 15.0. The Hall–Kier alpha value is -2.50. The van der Waals surface area contributed by atoms with Crippen LogP contribution in [-0.2, 0) is 22.8 Å². The maximum Gasteiger partial charge on any atom is 0.416 e. The molecule has 0 heterocycles. The number of hydrogen-bond acceptors (Lipinski definition) is 2. The van der Waals surface area contributed by atoms with Gasteiger partial charge in [-0.25, -0.2) is 0 Å². The van der Waals surface area contributed by atoms with E-state index >= 15 is 0 Å². The minimum Gasteiger partial charge on any atom is -0.399 e. The van der Waals surface area contributed by atoms with E-state index in [0.717, 1.165) is 30.9 Å². The van der Waals surface area contributed by atoms with Crippen LogP contribution in [0, 0.1) is 0 Å². The second-order valence-corrected chi connectivity index (χ2v) is 7.19. The number of aryl methyl sites for hydroxylation is 1. The normalized spacial score (nSPS) is 15.8. The van der Waals surface area contributed by atoms with E-state index in [2.05, 4.69) is 5.32 Å². The molecule has 0 aromatic heterocycles. The van der Waals surface area contributed by atoms with Crippen LogP contribution in [0.4, 0.5) is 18.9 Å². The molecule has 1 saturated carbocycles. The van der Waals surface area contributed by atoms with Gasteiger partial charge in [0.05, 0.1) is 5.56 Å². The topological polar surface area (TPSA) is 55.1 Å². The van der Waals surface area contributed by atoms with Crippen molar-refractivity contribution in [3.8, 4) is 0 Å². The standard InChI is InChI=1S/C21H23F3N2O/c22-21(23,24)17-7-3-6-16(13-17)20(11-4-12-20)14-26-19(27)10-9-15-5-1-2-8-18(15)25/h1-3,5-8,13H,4,9-12,14,25H2,(H,26,27). The molecule has 0 atom stereocenters. The molecule has 1 aliphatic rings. The molecule has 27 heavy (non-hydrogen) atoms. The second kappa shape index (κ2) is 7.62. The van der Waals surface area contributed by atoms with Crippen molar-refractivity contribution in [3.05, 3.63) is 65.2 Å². The second-order valence-electron chi connectivity index (χ2n) is 7.19. The van der Waals surface area contributed by atoms with E-state index in [1.807, 2.05) is 18.2 Å². The fraction of sp³-hybridized carbons (Fsp3) is 0.381. The van der Waals surface area contributed by atoms with Gasteiger partial charge in [-0.05, 0) is 42.5 Å². The predicted molar refractivity (Wildman–Crippen MR) is 99.2 cm³/mol. The number of rotatable bonds is 6. The van der Waals surface area contributed by atoms with Crippen molar-refractivity contribution >= 4 is 11.6 Å². The highest BCUT2D eigenvalue weighted by molar-refractivity contribution is 5.76. The maximum absolute atomic E-state index is 13.0. The van der Waals surface area contributed by atoms with Gasteiger partial charge in [0, 0.05) is 24.1 Å². The third kappa shape index (κ3) is 4.43. The van der Waals surface area contributed by atoms with Crippen molar-refractivity contribution < 1.29 is 18.0 Å². The predicted octanol–water partition coefficient (Wildman–Crippen LogP) is 4.46. The van der Waals surface area contributed by atoms with Gasteiger partial charge in [-0.15, -0.1) is 0 Å². The number of halogens is 3. The summed E-state index contributed by atoms with van der Waals surface area (Å²) < 4.78 is 39.0. The number of anilines is 1. The Kier molecular flexibility index (Phi) is 5.44. The molecule has 0 saturated heterocycles. The lowest BCUT2D eigenvalue weighted by Gasteiger charge is -2.43. The summed E-state index contributed by atoms with van der Waals surface area (Å²) in [5, 5.41) is 2.91. The van der Waals surface area contributed by atoms with Gasteiger partial charge in [0.25, 0.3) is 0 Å². The van der Waals surface area contributed by atoms with Gasteiger partial charge in [-0.1, -0.05) is 42.8 Å². The summed E-state index contributed by atoms with van der Waals surface area (Å²) in [5.41, 5.74) is 7.07. The Morgan fingerprint density at radius 1 is 1.11 bits per heavy atom. The largest absolute Gasteiger partial charge is 0.416 e. The average molecular weight is 376 g/mol. The van der Waals surface area contributed by atoms with Crippen molar-refractivity contribution in [2.75, 3.05) is 12.3 Å². The lowest BCUT2D eigenvalue weighted by atomic mass is 9.64. The summed E-state index contributed by atoms with van der Waals surface area (Å²) in [6.07, 6.45) is -1.02. The van der Waals surface area contributed by atoms with Crippen LogP contribution in [0.5, 0.6) is 0 Å². The van der Waals surface area contributed by atoms with Crippen LogP contribution in [0.15, 0.2) is 48.5 Å². The molecule has 2 aromatic rings. The Morgan fingerprint density at radius 2 is 1.85 bits per heavy atom. The third-order valence-electron chi connectivity index (χ3n) is 5.41. The summed E-state index contributed by atoms with van der Waals surface area (Å²) in [6, 6.07) is 12.9. The van der Waals surface area contributed by atoms with Crippen LogP contribution in [-0.4, -0.2) is 12.5 Å². The van der Waals surface area contributed by atoms with Gasteiger partial charge in [-0.2, -0.15) is 13.2 Å². The van der Waals surface area contributed by atoms with Gasteiger partial charge in [0.15, 0.2) is 0 Å². The molecule has 2 aromatic carbocycles. The highest BCUT2D eigenvalue weighted by Crippen LogP contribution is 2.44. The van der Waals surface area contributed by atoms with E-state index in [0.29, 0.717) is 30.6 Å². The molecule has 3 N–H and O–H groups in total. The van der Waals surface area contributed by atoms with Crippen LogP contribution in [0.1, 0.15) is 42.4 Å². The van der Waals surface area contributed by atoms with Crippen LogP contribution in [0.25, 0.3) is 0 Å². The molecule has 0 spiro atoms. The van der Waals surface area contributed by atoms with Gasteiger partial charge in [0.1, 0.15) is 0 Å². The minimum atomic E-state index is -4.36. The average Bonchev–Trinajstić information content (AvgIpc) is 2.60. The molecule has 3 rings (SSSR count). The lowest BCUT2D eigenvalue weighted by molar-refractivity contribution is -0.137. The van der Waals surface area contributed by atoms with E-state index in [-0.39, 0.29) is 5.91 Å². The number of amides is 1. The molecule has 3 nitrogen and oxygen atoms in total. The molecule has 0 bridgehead atoms. The SMILES string of the molecule is Nc1ccccc1CCC(=O)NCC1(c2cccc(C(F)(F)F)c2)CCC1. The van der Waals surface area contributed by atoms with Crippen LogP contribution < -0.4 is 11.1 Å². The van der Waals surface area contributed by atoms with Gasteiger partial charge >= 0.3 is 6.18 Å². The zero-order chi connectivity index (χ0) is 19.5. The summed E-state index contributed by atoms with van der Waals surface area (Å²) in [6.45, 7) is 0.359. The van der Waals surface area contributed by atoms with Gasteiger partial charge < -0.3 is 11.1 Å². The number of para-hydroxylation sites is 1. The molecule has 0 unspecified atom stereocenters. The number of carbonyl (C=O) groups is 1. The molecule has 0 radical (unpaired) electrons. The Labute approximate surface area is 156 Å². The van der Waals surface area contributed by atoms with Gasteiger partial charge in [-0.3, -0.25) is 4.79 Å². The number of nitrogens with one attached hydrogen (secondary N) is 1. The first-order chi connectivity index (χ1) is 12.8. The highest BCUT2D eigenvalue weighted by Gasteiger charge is 2.40. The third-order valence-corrected chi connectivity index (χ3v) is 5.41. The summed E-state index contributed by atoms with van der Waals surface area (Å²) in [5.74, 6) is -0.114. The Balaban J connectivity index is 1.62. The first kappa shape index (κ1) is 19.3. The number of benzene rings is 2. The van der Waals surface area contributed by atoms with E-state index < -0.39 is 17.2 Å². The Morgan fingerprint density at radius 3 is 2.48 bits per heavy atom. The van der Waals surface area contributed by atoms with Gasteiger partial charge in [0.2, 0.25) is 5.91 Å². The van der Waals surface area contributed by atoms with Crippen LogP contribution in [0.2, 0.25) is 0 Å². The lowest BCUT2D eigenvalue weighted by Crippen LogP contribution is -2.45. The first-order valence-electron chi connectivity index (χ1n) is 9.08. The molecule has 6 heteroatoms. The van der Waals surface area contributed by atoms with E-state index in [4.69, 9.17) is 5.73 Å². The number of alkyl halides is 3. The zero-order valence-corrected chi connectivity index (χ0v) is 15.0. The van der Waals surface area contributed by atoms with Crippen LogP contribution in [0.3, 0.4) is 0 Å². The van der Waals surface area contributed by atoms with Crippen molar-refractivity contribution in [1.29, 1.82) is 0 Å². The fourth-order valence-corrected chi connectivity index (χ4v) is 3.56. The molecular formula is C21H23F3N2O. The number of nitrogens with two attached hydrogens (primary N) is 1. The quantitative estimate of drug-likeness (QED) is 0.732. The maximum atomic E-state index is 13.0. The van der Waals surface area contributed by atoms with Crippen molar-refractivity contribution in [1.82, 2.24) is 5.32 Å². The number of hydrogen-bond donors (Lipinski definition) is 2. The fourth-order valence-electron chi connectivity index (χ4n) is 3.56. The summed E-state index contributed by atoms with van der Waals surface area (Å²) in [4.78, 5) is 12.2. The smallest absolute Gasteiger partial charge is 0.399 e. The Bertz CT molecular complexity index is 813. The minimum absolute atomic E-state index is 0.114. The summed E-state index contributed by atoms with van der Waals surface area (Å²) in [7, 11) is 0. The monoisotopic (exact) mass is 376 g/mol. The van der Waals surface area contributed by atoms with Crippen molar-refractivity contribution in [2.45, 2.75) is 43.7 Å². The van der Waals surface area contributed by atoms with Crippen molar-refractivity contribution in [3.63, 3.8) is 0 Å². The van der Waals surface area contributed by atoms with Crippen molar-refractivity contribution in [2.24, 2.45) is 0 Å². The number of nitrogen functional groups attached to an aromatic ring is 1. The number of carbonyl (C=O) groups excluding carboxylic acids is 1. The summed E-state index contributed by atoms with van der Waals surface area (Å²) >= 11 is 0. The van der Waals surface area contributed by atoms with E-state index in [9.17, 15) is 18.0 Å². The van der Waals surface area contributed by atoms with E-state index in [1.54, 1.807) is 12.1 Å². The molecule has 1 fully saturated rings. The van der Waals surface area contributed by atoms with E-state index in [1.165, 1.54) is 12.1 Å². The molecule has 144 valence electrons.